The normalized spacial score (nSPS) is 11.1. The lowest BCUT2D eigenvalue weighted by atomic mass is 10.0. The van der Waals surface area contributed by atoms with Crippen LogP contribution in [-0.2, 0) is 11.2 Å². The monoisotopic (exact) mass is 311 g/mol. The molecule has 23 heavy (non-hydrogen) atoms. The van der Waals surface area contributed by atoms with Crippen molar-refractivity contribution in [2.75, 3.05) is 6.61 Å². The van der Waals surface area contributed by atoms with E-state index in [4.69, 9.17) is 4.74 Å². The molecule has 0 fully saturated rings. The van der Waals surface area contributed by atoms with Gasteiger partial charge in [-0.3, -0.25) is 4.79 Å². The summed E-state index contributed by atoms with van der Waals surface area (Å²) in [5.74, 6) is 0.673. The van der Waals surface area contributed by atoms with Gasteiger partial charge in [0.25, 0.3) is 5.91 Å². The number of amides is 1. The number of benzene rings is 2. The fraction of sp³-hybridized carbons (Fsp3) is 0.350. The maximum Gasteiger partial charge on any atom is 0.258 e. The highest BCUT2D eigenvalue weighted by Gasteiger charge is 2.18. The minimum Gasteiger partial charge on any atom is -0.483 e. The molecule has 0 aliphatic rings. The lowest BCUT2D eigenvalue weighted by Gasteiger charge is -2.24. The average molecular weight is 311 g/mol. The molecule has 0 unspecified atom stereocenters. The predicted octanol–water partition coefficient (Wildman–Crippen LogP) is 3.96. The molecule has 0 atom stereocenters. The van der Waals surface area contributed by atoms with Crippen LogP contribution in [0.5, 0.6) is 5.75 Å². The zero-order valence-corrected chi connectivity index (χ0v) is 14.1. The van der Waals surface area contributed by atoms with Gasteiger partial charge in [-0.1, -0.05) is 55.5 Å². The number of hydrogen-bond donors (Lipinski definition) is 1. The highest BCUT2D eigenvalue weighted by Crippen LogP contribution is 2.21. The zero-order chi connectivity index (χ0) is 16.7. The number of carbonyl (C=O) groups excluding carboxylic acids is 1. The van der Waals surface area contributed by atoms with E-state index >= 15 is 0 Å². The molecule has 0 aliphatic heterocycles. The number of hydrogen-bond acceptors (Lipinski definition) is 2. The molecule has 0 aliphatic carbocycles. The predicted molar refractivity (Wildman–Crippen MR) is 93.7 cm³/mol. The van der Waals surface area contributed by atoms with Crippen LogP contribution in [0.15, 0.2) is 54.6 Å². The molecular weight excluding hydrogens is 286 g/mol. The standard InChI is InChI=1S/C20H25NO2/c1-4-20(2,3)21-19(22)15-23-18-13-9-8-12-17(18)14-16-10-6-5-7-11-16/h5-13H,4,14-15H2,1-3H3,(H,21,22). The molecule has 0 saturated heterocycles. The van der Waals surface area contributed by atoms with Gasteiger partial charge in [0.05, 0.1) is 0 Å². The van der Waals surface area contributed by atoms with Crippen LogP contribution < -0.4 is 10.1 Å². The number of nitrogens with one attached hydrogen (secondary N) is 1. The van der Waals surface area contributed by atoms with Crippen molar-refractivity contribution in [3.05, 3.63) is 65.7 Å². The molecule has 0 spiro atoms. The van der Waals surface area contributed by atoms with E-state index in [0.717, 1.165) is 24.2 Å². The van der Waals surface area contributed by atoms with Gasteiger partial charge in [-0.2, -0.15) is 0 Å². The SMILES string of the molecule is CCC(C)(C)NC(=O)COc1ccccc1Cc1ccccc1. The minimum absolute atomic E-state index is 0.0369. The van der Waals surface area contributed by atoms with Crippen LogP contribution >= 0.6 is 0 Å². The quantitative estimate of drug-likeness (QED) is 0.840. The Bertz CT molecular complexity index is 635. The Hall–Kier alpha value is -2.29. The summed E-state index contributed by atoms with van der Waals surface area (Å²) in [6.07, 6.45) is 1.67. The zero-order valence-electron chi connectivity index (χ0n) is 14.1. The highest BCUT2D eigenvalue weighted by molar-refractivity contribution is 5.78. The van der Waals surface area contributed by atoms with E-state index < -0.39 is 0 Å². The summed E-state index contributed by atoms with van der Waals surface area (Å²) in [7, 11) is 0. The van der Waals surface area contributed by atoms with Gasteiger partial charge in [-0.15, -0.1) is 0 Å². The van der Waals surface area contributed by atoms with Gasteiger partial charge in [-0.05, 0) is 37.5 Å². The van der Waals surface area contributed by atoms with Gasteiger partial charge in [0.1, 0.15) is 5.75 Å². The number of ether oxygens (including phenoxy) is 1. The molecule has 1 N–H and O–H groups in total. The summed E-state index contributed by atoms with van der Waals surface area (Å²) < 4.78 is 5.75. The van der Waals surface area contributed by atoms with Gasteiger partial charge in [0.15, 0.2) is 6.61 Å². The Morgan fingerprint density at radius 2 is 1.70 bits per heavy atom. The summed E-state index contributed by atoms with van der Waals surface area (Å²) in [6, 6.07) is 18.1. The van der Waals surface area contributed by atoms with Gasteiger partial charge in [-0.25, -0.2) is 0 Å². The first-order chi connectivity index (χ1) is 11.0. The number of rotatable bonds is 7. The third-order valence-electron chi connectivity index (χ3n) is 3.93. The van der Waals surface area contributed by atoms with Crippen LogP contribution in [0.3, 0.4) is 0 Å². The third-order valence-corrected chi connectivity index (χ3v) is 3.93. The van der Waals surface area contributed by atoms with Crippen molar-refractivity contribution in [1.29, 1.82) is 0 Å². The molecule has 0 aromatic heterocycles. The first-order valence-electron chi connectivity index (χ1n) is 8.06. The molecule has 0 radical (unpaired) electrons. The molecule has 2 aromatic rings. The lowest BCUT2D eigenvalue weighted by molar-refractivity contribution is -0.124. The van der Waals surface area contributed by atoms with Crippen molar-refractivity contribution in [2.24, 2.45) is 0 Å². The van der Waals surface area contributed by atoms with E-state index in [1.165, 1.54) is 5.56 Å². The molecule has 1 amide bonds. The molecule has 0 bridgehead atoms. The van der Waals surface area contributed by atoms with Crippen molar-refractivity contribution < 1.29 is 9.53 Å². The molecule has 0 heterocycles. The largest absolute Gasteiger partial charge is 0.483 e. The average Bonchev–Trinajstić information content (AvgIpc) is 2.55. The summed E-state index contributed by atoms with van der Waals surface area (Å²) in [5, 5.41) is 2.98. The summed E-state index contributed by atoms with van der Waals surface area (Å²) in [5.41, 5.74) is 2.10. The van der Waals surface area contributed by atoms with E-state index in [1.54, 1.807) is 0 Å². The van der Waals surface area contributed by atoms with Crippen LogP contribution in [-0.4, -0.2) is 18.1 Å². The van der Waals surface area contributed by atoms with Gasteiger partial charge in [0, 0.05) is 12.0 Å². The van der Waals surface area contributed by atoms with E-state index in [1.807, 2.05) is 56.3 Å². The molecule has 0 saturated carbocycles. The van der Waals surface area contributed by atoms with Crippen molar-refractivity contribution >= 4 is 5.91 Å². The van der Waals surface area contributed by atoms with Gasteiger partial charge in [0.2, 0.25) is 0 Å². The fourth-order valence-corrected chi connectivity index (χ4v) is 2.25. The lowest BCUT2D eigenvalue weighted by Crippen LogP contribution is -2.44. The Labute approximate surface area is 138 Å². The Kier molecular flexibility index (Phi) is 5.80. The molecule has 122 valence electrons. The minimum atomic E-state index is -0.204. The molecule has 2 rings (SSSR count). The van der Waals surface area contributed by atoms with Crippen LogP contribution in [0, 0.1) is 0 Å². The van der Waals surface area contributed by atoms with E-state index in [2.05, 4.69) is 24.4 Å². The van der Waals surface area contributed by atoms with Crippen LogP contribution in [0.1, 0.15) is 38.3 Å². The molecule has 2 aromatic carbocycles. The molecular formula is C20H25NO2. The number of carbonyl (C=O) groups is 1. The summed E-state index contributed by atoms with van der Waals surface area (Å²) in [6.45, 7) is 6.11. The van der Waals surface area contributed by atoms with Crippen molar-refractivity contribution in [3.8, 4) is 5.75 Å². The van der Waals surface area contributed by atoms with Crippen molar-refractivity contribution in [3.63, 3.8) is 0 Å². The van der Waals surface area contributed by atoms with Crippen LogP contribution in [0.4, 0.5) is 0 Å². The van der Waals surface area contributed by atoms with Gasteiger partial charge < -0.3 is 10.1 Å². The maximum atomic E-state index is 12.0. The summed E-state index contributed by atoms with van der Waals surface area (Å²) in [4.78, 5) is 12.0. The first-order valence-corrected chi connectivity index (χ1v) is 8.06. The molecule has 3 heteroatoms. The smallest absolute Gasteiger partial charge is 0.258 e. The van der Waals surface area contributed by atoms with Crippen molar-refractivity contribution in [1.82, 2.24) is 5.32 Å². The van der Waals surface area contributed by atoms with E-state index in [-0.39, 0.29) is 18.1 Å². The summed E-state index contributed by atoms with van der Waals surface area (Å²) >= 11 is 0. The second-order valence-electron chi connectivity index (χ2n) is 6.34. The highest BCUT2D eigenvalue weighted by atomic mass is 16.5. The second-order valence-corrected chi connectivity index (χ2v) is 6.34. The van der Waals surface area contributed by atoms with Crippen molar-refractivity contribution in [2.45, 2.75) is 39.2 Å². The maximum absolute atomic E-state index is 12.0. The van der Waals surface area contributed by atoms with Gasteiger partial charge >= 0.3 is 0 Å². The third kappa shape index (κ3) is 5.44. The van der Waals surface area contributed by atoms with E-state index in [0.29, 0.717) is 0 Å². The Morgan fingerprint density at radius 1 is 1.04 bits per heavy atom. The van der Waals surface area contributed by atoms with Crippen LogP contribution in [0.25, 0.3) is 0 Å². The Balaban J connectivity index is 1.99. The Morgan fingerprint density at radius 3 is 2.39 bits per heavy atom. The second kappa shape index (κ2) is 7.82. The van der Waals surface area contributed by atoms with E-state index in [9.17, 15) is 4.79 Å². The fourth-order valence-electron chi connectivity index (χ4n) is 2.25. The van der Waals surface area contributed by atoms with Crippen LogP contribution in [0.2, 0.25) is 0 Å². The molecule has 3 nitrogen and oxygen atoms in total. The topological polar surface area (TPSA) is 38.3 Å². The first kappa shape index (κ1) is 17.1. The number of para-hydroxylation sites is 1.